The Hall–Kier alpha value is -2.40. The molecule has 3 aromatic rings. The number of anilines is 1. The van der Waals surface area contributed by atoms with Crippen LogP contribution in [0.4, 0.5) is 5.82 Å². The van der Waals surface area contributed by atoms with Gasteiger partial charge in [-0.3, -0.25) is 4.79 Å². The van der Waals surface area contributed by atoms with E-state index >= 15 is 0 Å². The molecule has 1 heterocycles. The smallest absolute Gasteiger partial charge is 0.229 e. The molecule has 4 nitrogen and oxygen atoms in total. The van der Waals surface area contributed by atoms with Crippen LogP contribution in [-0.4, -0.2) is 15.7 Å². The molecule has 0 aliphatic heterocycles. The molecule has 0 saturated carbocycles. The van der Waals surface area contributed by atoms with E-state index < -0.39 is 0 Å². The number of rotatable bonds is 4. The molecule has 0 radical (unpaired) electrons. The van der Waals surface area contributed by atoms with Crippen molar-refractivity contribution >= 4 is 27.7 Å². The number of hydrogen-bond acceptors (Lipinski definition) is 2. The summed E-state index contributed by atoms with van der Waals surface area (Å²) in [6.07, 6.45) is 0.331. The predicted molar refractivity (Wildman–Crippen MR) is 109 cm³/mol. The van der Waals surface area contributed by atoms with Gasteiger partial charge in [-0.05, 0) is 29.8 Å². The molecule has 0 aliphatic rings. The first-order valence-corrected chi connectivity index (χ1v) is 9.32. The van der Waals surface area contributed by atoms with E-state index in [0.717, 1.165) is 21.4 Å². The van der Waals surface area contributed by atoms with Crippen molar-refractivity contribution in [2.24, 2.45) is 0 Å². The van der Waals surface area contributed by atoms with E-state index in [1.165, 1.54) is 0 Å². The topological polar surface area (TPSA) is 46.9 Å². The quantitative estimate of drug-likeness (QED) is 0.647. The van der Waals surface area contributed by atoms with Crippen LogP contribution in [0.1, 0.15) is 32.0 Å². The lowest BCUT2D eigenvalue weighted by Crippen LogP contribution is -2.17. The highest BCUT2D eigenvalue weighted by Crippen LogP contribution is 2.27. The summed E-state index contributed by atoms with van der Waals surface area (Å²) < 4.78 is 2.79. The number of carbonyl (C=O) groups excluding carboxylic acids is 1. The van der Waals surface area contributed by atoms with E-state index in [1.54, 1.807) is 4.68 Å². The average molecular weight is 412 g/mol. The van der Waals surface area contributed by atoms with Gasteiger partial charge in [-0.25, -0.2) is 4.68 Å². The SMILES string of the molecule is CC(C)(C)c1cc(NC(=O)Cc2ccccc2)n(-c2ccc(Br)cc2)n1. The summed E-state index contributed by atoms with van der Waals surface area (Å²) in [5.41, 5.74) is 2.70. The number of benzene rings is 2. The first kappa shape index (κ1) is 18.4. The molecule has 134 valence electrons. The molecule has 26 heavy (non-hydrogen) atoms. The minimum atomic E-state index is -0.112. The van der Waals surface area contributed by atoms with Crippen LogP contribution in [0.5, 0.6) is 0 Å². The largest absolute Gasteiger partial charge is 0.310 e. The second-order valence-electron chi connectivity index (χ2n) is 7.26. The zero-order chi connectivity index (χ0) is 18.7. The number of nitrogens with zero attached hydrogens (tertiary/aromatic N) is 2. The van der Waals surface area contributed by atoms with Crippen LogP contribution in [0.15, 0.2) is 65.1 Å². The lowest BCUT2D eigenvalue weighted by atomic mass is 9.92. The third-order valence-corrected chi connectivity index (χ3v) is 4.55. The maximum atomic E-state index is 12.5. The fourth-order valence-corrected chi connectivity index (χ4v) is 2.85. The van der Waals surface area contributed by atoms with Crippen LogP contribution in [-0.2, 0) is 16.6 Å². The van der Waals surface area contributed by atoms with Gasteiger partial charge in [0, 0.05) is 16.0 Å². The maximum absolute atomic E-state index is 12.5. The zero-order valence-corrected chi connectivity index (χ0v) is 16.7. The number of nitrogens with one attached hydrogen (secondary N) is 1. The van der Waals surface area contributed by atoms with Crippen molar-refractivity contribution in [3.05, 3.63) is 76.4 Å². The Balaban J connectivity index is 1.90. The fourth-order valence-electron chi connectivity index (χ4n) is 2.58. The Morgan fingerprint density at radius 3 is 2.35 bits per heavy atom. The number of aromatic nitrogens is 2. The Labute approximate surface area is 162 Å². The zero-order valence-electron chi connectivity index (χ0n) is 15.2. The maximum Gasteiger partial charge on any atom is 0.229 e. The third kappa shape index (κ3) is 4.41. The highest BCUT2D eigenvalue weighted by atomic mass is 79.9. The van der Waals surface area contributed by atoms with Crippen LogP contribution in [0.2, 0.25) is 0 Å². The lowest BCUT2D eigenvalue weighted by molar-refractivity contribution is -0.115. The molecule has 1 aromatic heterocycles. The molecule has 0 fully saturated rings. The summed E-state index contributed by atoms with van der Waals surface area (Å²) in [6.45, 7) is 6.32. The van der Waals surface area contributed by atoms with Gasteiger partial charge in [0.25, 0.3) is 0 Å². The highest BCUT2D eigenvalue weighted by molar-refractivity contribution is 9.10. The van der Waals surface area contributed by atoms with Gasteiger partial charge >= 0.3 is 0 Å². The van der Waals surface area contributed by atoms with E-state index in [0.29, 0.717) is 12.2 Å². The third-order valence-electron chi connectivity index (χ3n) is 4.02. The normalized spacial score (nSPS) is 11.4. The van der Waals surface area contributed by atoms with E-state index in [9.17, 15) is 4.79 Å². The molecule has 3 rings (SSSR count). The molecule has 0 aliphatic carbocycles. The van der Waals surface area contributed by atoms with E-state index in [2.05, 4.69) is 42.0 Å². The fraction of sp³-hybridized carbons (Fsp3) is 0.238. The number of amides is 1. The van der Waals surface area contributed by atoms with Crippen LogP contribution in [0.3, 0.4) is 0 Å². The van der Waals surface area contributed by atoms with Gasteiger partial charge in [-0.15, -0.1) is 0 Å². The van der Waals surface area contributed by atoms with Crippen molar-refractivity contribution in [1.82, 2.24) is 9.78 Å². The molecular formula is C21H22BrN3O. The van der Waals surface area contributed by atoms with Crippen molar-refractivity contribution in [2.75, 3.05) is 5.32 Å². The van der Waals surface area contributed by atoms with Gasteiger partial charge in [0.2, 0.25) is 5.91 Å². The van der Waals surface area contributed by atoms with Crippen LogP contribution in [0, 0.1) is 0 Å². The molecule has 1 amide bonds. The van der Waals surface area contributed by atoms with Crippen molar-refractivity contribution in [3.8, 4) is 5.69 Å². The number of halogens is 1. The van der Waals surface area contributed by atoms with Crippen molar-refractivity contribution in [2.45, 2.75) is 32.6 Å². The van der Waals surface area contributed by atoms with E-state index in [4.69, 9.17) is 5.10 Å². The molecule has 0 bridgehead atoms. The molecule has 2 aromatic carbocycles. The second-order valence-corrected chi connectivity index (χ2v) is 8.18. The van der Waals surface area contributed by atoms with Gasteiger partial charge < -0.3 is 5.32 Å². The van der Waals surface area contributed by atoms with Gasteiger partial charge in [-0.2, -0.15) is 5.10 Å². The molecule has 0 spiro atoms. The highest BCUT2D eigenvalue weighted by Gasteiger charge is 2.21. The first-order valence-electron chi connectivity index (χ1n) is 8.53. The molecule has 0 saturated heterocycles. The van der Waals surface area contributed by atoms with Gasteiger partial charge in [0.15, 0.2) is 0 Å². The standard InChI is InChI=1S/C21H22BrN3O/c1-21(2,3)18-14-19(23-20(26)13-15-7-5-4-6-8-15)25(24-18)17-11-9-16(22)10-12-17/h4-12,14H,13H2,1-3H3,(H,23,26). The van der Waals surface area contributed by atoms with Crippen LogP contribution >= 0.6 is 15.9 Å². The molecule has 1 N–H and O–H groups in total. The van der Waals surface area contributed by atoms with Crippen LogP contribution in [0.25, 0.3) is 5.69 Å². The minimum absolute atomic E-state index is 0.0603. The Kier molecular flexibility index (Phi) is 5.28. The van der Waals surface area contributed by atoms with Crippen molar-refractivity contribution in [1.29, 1.82) is 0 Å². The van der Waals surface area contributed by atoms with Crippen LogP contribution < -0.4 is 5.32 Å². The summed E-state index contributed by atoms with van der Waals surface area (Å²) in [5.74, 6) is 0.619. The monoisotopic (exact) mass is 411 g/mol. The Morgan fingerprint density at radius 2 is 1.73 bits per heavy atom. The molecule has 0 atom stereocenters. The summed E-state index contributed by atoms with van der Waals surface area (Å²) >= 11 is 3.45. The minimum Gasteiger partial charge on any atom is -0.310 e. The molecule has 0 unspecified atom stereocenters. The number of carbonyl (C=O) groups is 1. The lowest BCUT2D eigenvalue weighted by Gasteiger charge is -2.14. The first-order chi connectivity index (χ1) is 12.3. The second kappa shape index (κ2) is 7.46. The summed E-state index contributed by atoms with van der Waals surface area (Å²) in [6, 6.07) is 19.5. The van der Waals surface area contributed by atoms with Gasteiger partial charge in [0.1, 0.15) is 5.82 Å². The van der Waals surface area contributed by atoms with Crippen molar-refractivity contribution in [3.63, 3.8) is 0 Å². The average Bonchev–Trinajstić information content (AvgIpc) is 3.00. The Bertz CT molecular complexity index is 893. The van der Waals surface area contributed by atoms with E-state index in [1.807, 2.05) is 60.7 Å². The number of hydrogen-bond donors (Lipinski definition) is 1. The summed E-state index contributed by atoms with van der Waals surface area (Å²) in [5, 5.41) is 7.74. The van der Waals surface area contributed by atoms with Gasteiger partial charge in [0.05, 0.1) is 17.8 Å². The molecule has 5 heteroatoms. The summed E-state index contributed by atoms with van der Waals surface area (Å²) in [7, 11) is 0. The molecular weight excluding hydrogens is 390 g/mol. The van der Waals surface area contributed by atoms with Gasteiger partial charge in [-0.1, -0.05) is 67.0 Å². The summed E-state index contributed by atoms with van der Waals surface area (Å²) in [4.78, 5) is 12.5. The predicted octanol–water partition coefficient (Wildman–Crippen LogP) is 5.11. The van der Waals surface area contributed by atoms with Crippen molar-refractivity contribution < 1.29 is 4.79 Å². The van der Waals surface area contributed by atoms with E-state index in [-0.39, 0.29) is 11.3 Å². The Morgan fingerprint density at radius 1 is 1.08 bits per heavy atom.